The summed E-state index contributed by atoms with van der Waals surface area (Å²) in [4.78, 5) is 10.8. The molecule has 2 N–H and O–H groups in total. The van der Waals surface area contributed by atoms with Crippen molar-refractivity contribution in [3.05, 3.63) is 42.0 Å². The molecule has 0 amide bonds. The van der Waals surface area contributed by atoms with E-state index in [1.807, 2.05) is 31.3 Å². The van der Waals surface area contributed by atoms with E-state index in [9.17, 15) is 4.79 Å². The van der Waals surface area contributed by atoms with E-state index in [1.165, 1.54) is 0 Å². The van der Waals surface area contributed by atoms with Crippen molar-refractivity contribution >= 4 is 34.8 Å². The molecule has 0 bridgehead atoms. The molecule has 2 rings (SSSR count). The number of nitrogens with one attached hydrogen (secondary N) is 1. The molecule has 16 heavy (non-hydrogen) atoms. The van der Waals surface area contributed by atoms with Crippen molar-refractivity contribution in [1.82, 2.24) is 0 Å². The topological polar surface area (TPSA) is 49.3 Å². The minimum Gasteiger partial charge on any atom is -0.478 e. The highest BCUT2D eigenvalue weighted by atomic mass is 35.5. The fourth-order valence-corrected chi connectivity index (χ4v) is 1.53. The van der Waals surface area contributed by atoms with Gasteiger partial charge in [0, 0.05) is 12.7 Å². The lowest BCUT2D eigenvalue weighted by atomic mass is 10.1. The molecule has 0 radical (unpaired) electrons. The van der Waals surface area contributed by atoms with Crippen molar-refractivity contribution in [2.45, 2.75) is 0 Å². The first kappa shape index (κ1) is 12.3. The Morgan fingerprint density at radius 3 is 2.38 bits per heavy atom. The first-order valence-electron chi connectivity index (χ1n) is 4.65. The standard InChI is InChI=1S/C12H11NO2.ClH/c1-13-11-5-4-8-6-10(12(14)15)3-2-9(8)7-11;/h2-7,13H,1H3,(H,14,15);1H. The van der Waals surface area contributed by atoms with Crippen molar-refractivity contribution in [1.29, 1.82) is 0 Å². The van der Waals surface area contributed by atoms with Crippen molar-refractivity contribution in [3.63, 3.8) is 0 Å². The van der Waals surface area contributed by atoms with Gasteiger partial charge in [-0.1, -0.05) is 12.1 Å². The van der Waals surface area contributed by atoms with Gasteiger partial charge >= 0.3 is 5.97 Å². The monoisotopic (exact) mass is 237 g/mol. The average Bonchev–Trinajstić information content (AvgIpc) is 2.27. The van der Waals surface area contributed by atoms with Crippen LogP contribution < -0.4 is 5.32 Å². The lowest BCUT2D eigenvalue weighted by molar-refractivity contribution is 0.0697. The molecule has 0 aromatic heterocycles. The van der Waals surface area contributed by atoms with E-state index < -0.39 is 5.97 Å². The molecule has 0 unspecified atom stereocenters. The number of anilines is 1. The number of aromatic carboxylic acids is 1. The van der Waals surface area contributed by atoms with Crippen LogP contribution in [0.4, 0.5) is 5.69 Å². The summed E-state index contributed by atoms with van der Waals surface area (Å²) >= 11 is 0. The molecule has 0 aliphatic heterocycles. The number of fused-ring (bicyclic) bond motifs is 1. The molecule has 4 heteroatoms. The Kier molecular flexibility index (Phi) is 3.74. The summed E-state index contributed by atoms with van der Waals surface area (Å²) in [6, 6.07) is 10.9. The summed E-state index contributed by atoms with van der Waals surface area (Å²) in [6.45, 7) is 0. The Morgan fingerprint density at radius 1 is 1.12 bits per heavy atom. The van der Waals surface area contributed by atoms with E-state index in [1.54, 1.807) is 12.1 Å². The predicted molar refractivity (Wildman–Crippen MR) is 67.7 cm³/mol. The summed E-state index contributed by atoms with van der Waals surface area (Å²) in [5, 5.41) is 13.8. The fourth-order valence-electron chi connectivity index (χ4n) is 1.53. The number of hydrogen-bond donors (Lipinski definition) is 2. The third kappa shape index (κ3) is 2.25. The Labute approximate surface area is 99.5 Å². The zero-order chi connectivity index (χ0) is 10.8. The van der Waals surface area contributed by atoms with Crippen LogP contribution in [-0.4, -0.2) is 18.1 Å². The van der Waals surface area contributed by atoms with Gasteiger partial charge in [0.25, 0.3) is 0 Å². The lowest BCUT2D eigenvalue weighted by Crippen LogP contribution is -1.95. The van der Waals surface area contributed by atoms with Crippen LogP contribution in [0.5, 0.6) is 0 Å². The maximum atomic E-state index is 10.8. The second-order valence-corrected chi connectivity index (χ2v) is 3.33. The first-order chi connectivity index (χ1) is 7.20. The summed E-state index contributed by atoms with van der Waals surface area (Å²) in [6.07, 6.45) is 0. The van der Waals surface area contributed by atoms with Crippen LogP contribution in [0.15, 0.2) is 36.4 Å². The lowest BCUT2D eigenvalue weighted by Gasteiger charge is -2.03. The normalized spacial score (nSPS) is 9.56. The molecule has 0 spiro atoms. The van der Waals surface area contributed by atoms with Gasteiger partial charge in [0.2, 0.25) is 0 Å². The number of halogens is 1. The highest BCUT2D eigenvalue weighted by molar-refractivity contribution is 5.95. The molecule has 0 saturated heterocycles. The predicted octanol–water partition coefficient (Wildman–Crippen LogP) is 3.00. The second kappa shape index (κ2) is 4.86. The van der Waals surface area contributed by atoms with Crippen molar-refractivity contribution in [2.75, 3.05) is 12.4 Å². The number of benzene rings is 2. The molecule has 0 aliphatic carbocycles. The second-order valence-electron chi connectivity index (χ2n) is 3.33. The Balaban J connectivity index is 0.00000128. The first-order valence-corrected chi connectivity index (χ1v) is 4.65. The average molecular weight is 238 g/mol. The van der Waals surface area contributed by atoms with E-state index in [0.29, 0.717) is 5.56 Å². The van der Waals surface area contributed by atoms with E-state index in [2.05, 4.69) is 5.32 Å². The minimum atomic E-state index is -0.894. The van der Waals surface area contributed by atoms with Crippen LogP contribution in [0.1, 0.15) is 10.4 Å². The highest BCUT2D eigenvalue weighted by Gasteiger charge is 2.03. The molecule has 0 aliphatic rings. The van der Waals surface area contributed by atoms with Gasteiger partial charge in [0.1, 0.15) is 0 Å². The molecule has 0 heterocycles. The molecule has 0 fully saturated rings. The van der Waals surface area contributed by atoms with Gasteiger partial charge in [-0.25, -0.2) is 4.79 Å². The van der Waals surface area contributed by atoms with Crippen LogP contribution in [-0.2, 0) is 0 Å². The quantitative estimate of drug-likeness (QED) is 0.844. The van der Waals surface area contributed by atoms with Gasteiger partial charge < -0.3 is 10.4 Å². The SMILES string of the molecule is CNc1ccc2cc(C(=O)O)ccc2c1.Cl. The Bertz CT molecular complexity index is 525. The van der Waals surface area contributed by atoms with Gasteiger partial charge in [0.15, 0.2) is 0 Å². The zero-order valence-corrected chi connectivity index (χ0v) is 9.54. The van der Waals surface area contributed by atoms with Crippen LogP contribution in [0.3, 0.4) is 0 Å². The molecular formula is C12H12ClNO2. The number of carboxylic acid groups (broad SMARTS) is 1. The van der Waals surface area contributed by atoms with Gasteiger partial charge in [-0.3, -0.25) is 0 Å². The van der Waals surface area contributed by atoms with Gasteiger partial charge in [-0.15, -0.1) is 12.4 Å². The number of carboxylic acids is 1. The number of carbonyl (C=O) groups is 1. The maximum absolute atomic E-state index is 10.8. The van der Waals surface area contributed by atoms with E-state index >= 15 is 0 Å². The van der Waals surface area contributed by atoms with Crippen LogP contribution in [0, 0.1) is 0 Å². The van der Waals surface area contributed by atoms with Gasteiger partial charge in [0.05, 0.1) is 5.56 Å². The van der Waals surface area contributed by atoms with Crippen LogP contribution in [0.25, 0.3) is 10.8 Å². The largest absolute Gasteiger partial charge is 0.478 e. The van der Waals surface area contributed by atoms with Gasteiger partial charge in [-0.2, -0.15) is 0 Å². The summed E-state index contributed by atoms with van der Waals surface area (Å²) in [5.41, 5.74) is 1.34. The molecule has 0 saturated carbocycles. The zero-order valence-electron chi connectivity index (χ0n) is 8.73. The molecule has 2 aromatic rings. The van der Waals surface area contributed by atoms with Crippen LogP contribution in [0.2, 0.25) is 0 Å². The molecular weight excluding hydrogens is 226 g/mol. The molecule has 0 atom stereocenters. The van der Waals surface area contributed by atoms with Crippen molar-refractivity contribution in [3.8, 4) is 0 Å². The molecule has 3 nitrogen and oxygen atoms in total. The fraction of sp³-hybridized carbons (Fsp3) is 0.0833. The number of hydrogen-bond acceptors (Lipinski definition) is 2. The molecule has 2 aromatic carbocycles. The molecule has 84 valence electrons. The minimum absolute atomic E-state index is 0. The third-order valence-electron chi connectivity index (χ3n) is 2.38. The Morgan fingerprint density at radius 2 is 1.75 bits per heavy atom. The summed E-state index contributed by atoms with van der Waals surface area (Å²) in [5.74, 6) is -0.894. The van der Waals surface area contributed by atoms with E-state index in [0.717, 1.165) is 16.5 Å². The summed E-state index contributed by atoms with van der Waals surface area (Å²) < 4.78 is 0. The number of rotatable bonds is 2. The summed E-state index contributed by atoms with van der Waals surface area (Å²) in [7, 11) is 1.85. The Hall–Kier alpha value is -1.74. The third-order valence-corrected chi connectivity index (χ3v) is 2.38. The highest BCUT2D eigenvalue weighted by Crippen LogP contribution is 2.20. The van der Waals surface area contributed by atoms with Crippen molar-refractivity contribution in [2.24, 2.45) is 0 Å². The smallest absolute Gasteiger partial charge is 0.335 e. The van der Waals surface area contributed by atoms with E-state index in [4.69, 9.17) is 5.11 Å². The van der Waals surface area contributed by atoms with Gasteiger partial charge in [-0.05, 0) is 35.0 Å². The van der Waals surface area contributed by atoms with Crippen LogP contribution >= 0.6 is 12.4 Å². The van der Waals surface area contributed by atoms with Crippen molar-refractivity contribution < 1.29 is 9.90 Å². The maximum Gasteiger partial charge on any atom is 0.335 e. The van der Waals surface area contributed by atoms with E-state index in [-0.39, 0.29) is 12.4 Å².